The summed E-state index contributed by atoms with van der Waals surface area (Å²) >= 11 is 3.24. The predicted octanol–water partition coefficient (Wildman–Crippen LogP) is 5.89. The highest BCUT2D eigenvalue weighted by atomic mass is 32.2. The first-order chi connectivity index (χ1) is 16.1. The summed E-state index contributed by atoms with van der Waals surface area (Å²) in [5.41, 5.74) is 5.56. The van der Waals surface area contributed by atoms with Gasteiger partial charge in [0.2, 0.25) is 0 Å². The van der Waals surface area contributed by atoms with E-state index in [1.807, 2.05) is 55.6 Å². The van der Waals surface area contributed by atoms with E-state index in [0.717, 1.165) is 64.2 Å². The van der Waals surface area contributed by atoms with Gasteiger partial charge in [-0.15, -0.1) is 11.3 Å². The number of carbonyl (C=O) groups is 1. The van der Waals surface area contributed by atoms with Gasteiger partial charge in [0, 0.05) is 52.2 Å². The molecule has 0 unspecified atom stereocenters. The van der Waals surface area contributed by atoms with Crippen LogP contribution in [0.5, 0.6) is 0 Å². The van der Waals surface area contributed by atoms with Crippen LogP contribution < -0.4 is 10.2 Å². The molecule has 8 heteroatoms. The van der Waals surface area contributed by atoms with Crippen molar-refractivity contribution >= 4 is 51.3 Å². The molecule has 1 N–H and O–H groups in total. The van der Waals surface area contributed by atoms with Crippen LogP contribution in [0, 0.1) is 13.8 Å². The molecule has 0 bridgehead atoms. The average molecular weight is 480 g/mol. The van der Waals surface area contributed by atoms with Crippen molar-refractivity contribution in [2.45, 2.75) is 23.9 Å². The van der Waals surface area contributed by atoms with Gasteiger partial charge in [0.15, 0.2) is 5.76 Å². The minimum atomic E-state index is -0.237. The Balaban J connectivity index is 1.38. The summed E-state index contributed by atoms with van der Waals surface area (Å²) in [6, 6.07) is 13.9. The fourth-order valence-corrected chi connectivity index (χ4v) is 5.82. The zero-order valence-corrected chi connectivity index (χ0v) is 20.2. The second-order valence-electron chi connectivity index (χ2n) is 8.00. The number of morpholine rings is 1. The van der Waals surface area contributed by atoms with Crippen molar-refractivity contribution < 1.29 is 13.9 Å². The van der Waals surface area contributed by atoms with E-state index in [0.29, 0.717) is 17.1 Å². The lowest BCUT2D eigenvalue weighted by molar-refractivity contribution is 0.0997. The standard InChI is InChI=1S/C25H25N3O3S2/c1-16-13-18(28-9-11-30-12-10-28)7-8-21(16)27-24(29)23-20(15-33-25-26-17(2)14-32-25)19-5-3-4-6-22(19)31-23/h3-8,13-14H,9-12,15H2,1-2H3,(H,27,29). The van der Waals surface area contributed by atoms with Crippen molar-refractivity contribution in [3.05, 3.63) is 70.4 Å². The number of nitrogens with zero attached hydrogens (tertiary/aromatic N) is 2. The summed E-state index contributed by atoms with van der Waals surface area (Å²) in [6.45, 7) is 7.24. The molecule has 2 aromatic carbocycles. The number of hydrogen-bond acceptors (Lipinski definition) is 7. The third-order valence-corrected chi connectivity index (χ3v) is 7.84. The maximum Gasteiger partial charge on any atom is 0.291 e. The number of benzene rings is 2. The first-order valence-corrected chi connectivity index (χ1v) is 12.7. The van der Waals surface area contributed by atoms with Gasteiger partial charge in [-0.3, -0.25) is 4.79 Å². The number of ether oxygens (including phenoxy) is 1. The molecular weight excluding hydrogens is 454 g/mol. The third kappa shape index (κ3) is 4.78. The Bertz CT molecular complexity index is 1290. The number of amides is 1. The van der Waals surface area contributed by atoms with Crippen molar-refractivity contribution in [1.29, 1.82) is 0 Å². The van der Waals surface area contributed by atoms with Crippen molar-refractivity contribution in [3.8, 4) is 0 Å². The topological polar surface area (TPSA) is 67.6 Å². The number of thioether (sulfide) groups is 1. The Labute approximate surface area is 201 Å². The van der Waals surface area contributed by atoms with Crippen molar-refractivity contribution in [1.82, 2.24) is 4.98 Å². The Morgan fingerprint density at radius 1 is 1.18 bits per heavy atom. The maximum absolute atomic E-state index is 13.3. The number of rotatable bonds is 6. The monoisotopic (exact) mass is 479 g/mol. The number of anilines is 2. The number of para-hydroxylation sites is 1. The Morgan fingerprint density at radius 3 is 2.76 bits per heavy atom. The molecule has 0 aliphatic carbocycles. The van der Waals surface area contributed by atoms with Gasteiger partial charge in [0.1, 0.15) is 9.92 Å². The molecule has 33 heavy (non-hydrogen) atoms. The molecule has 2 aromatic heterocycles. The van der Waals surface area contributed by atoms with E-state index in [2.05, 4.69) is 21.3 Å². The van der Waals surface area contributed by atoms with Crippen molar-refractivity contribution in [3.63, 3.8) is 0 Å². The van der Waals surface area contributed by atoms with Crippen molar-refractivity contribution in [2.75, 3.05) is 36.5 Å². The first-order valence-electron chi connectivity index (χ1n) is 10.9. The van der Waals surface area contributed by atoms with Crippen LogP contribution >= 0.6 is 23.1 Å². The highest BCUT2D eigenvalue weighted by Crippen LogP contribution is 2.34. The Morgan fingerprint density at radius 2 is 2.00 bits per heavy atom. The average Bonchev–Trinajstić information content (AvgIpc) is 3.42. The highest BCUT2D eigenvalue weighted by Gasteiger charge is 2.22. The van der Waals surface area contributed by atoms with E-state index >= 15 is 0 Å². The third-order valence-electron chi connectivity index (χ3n) is 5.68. The molecule has 1 amide bonds. The predicted molar refractivity (Wildman–Crippen MR) is 135 cm³/mol. The molecule has 0 radical (unpaired) electrons. The fourth-order valence-electron chi connectivity index (χ4n) is 3.94. The molecule has 1 saturated heterocycles. The molecule has 0 atom stereocenters. The molecule has 170 valence electrons. The van der Waals surface area contributed by atoms with E-state index in [1.165, 1.54) is 0 Å². The molecular formula is C25H25N3O3S2. The summed E-state index contributed by atoms with van der Waals surface area (Å²) in [7, 11) is 0. The van der Waals surface area contributed by atoms with E-state index in [9.17, 15) is 4.79 Å². The smallest absolute Gasteiger partial charge is 0.291 e. The number of carbonyl (C=O) groups excluding carboxylic acids is 1. The van der Waals surface area contributed by atoms with Gasteiger partial charge >= 0.3 is 0 Å². The first kappa shape index (κ1) is 22.0. The quantitative estimate of drug-likeness (QED) is 0.348. The van der Waals surface area contributed by atoms with Gasteiger partial charge < -0.3 is 19.4 Å². The lowest BCUT2D eigenvalue weighted by atomic mass is 10.1. The lowest BCUT2D eigenvalue weighted by Crippen LogP contribution is -2.36. The van der Waals surface area contributed by atoms with Crippen LogP contribution in [-0.4, -0.2) is 37.2 Å². The van der Waals surface area contributed by atoms with Gasteiger partial charge in [-0.25, -0.2) is 4.98 Å². The van der Waals surface area contributed by atoms with Crippen LogP contribution in [0.25, 0.3) is 11.0 Å². The molecule has 0 spiro atoms. The number of hydrogen-bond donors (Lipinski definition) is 1. The number of aryl methyl sites for hydroxylation is 2. The zero-order chi connectivity index (χ0) is 22.8. The van der Waals surface area contributed by atoms with E-state index < -0.39 is 0 Å². The van der Waals surface area contributed by atoms with E-state index in [-0.39, 0.29) is 5.91 Å². The normalized spacial score (nSPS) is 14.1. The number of fused-ring (bicyclic) bond motifs is 1. The summed E-state index contributed by atoms with van der Waals surface area (Å²) in [5.74, 6) is 0.731. The SMILES string of the molecule is Cc1csc(SCc2c(C(=O)Nc3ccc(N4CCOCC4)cc3C)oc3ccccc23)n1. The largest absolute Gasteiger partial charge is 0.451 e. The zero-order valence-electron chi connectivity index (χ0n) is 18.6. The summed E-state index contributed by atoms with van der Waals surface area (Å²) in [5, 5.41) is 6.06. The van der Waals surface area contributed by atoms with Crippen LogP contribution in [-0.2, 0) is 10.5 Å². The Kier molecular flexibility index (Phi) is 6.39. The molecule has 1 aliphatic rings. The van der Waals surface area contributed by atoms with Gasteiger partial charge in [-0.1, -0.05) is 30.0 Å². The molecule has 3 heterocycles. The maximum atomic E-state index is 13.3. The van der Waals surface area contributed by atoms with Crippen LogP contribution in [0.3, 0.4) is 0 Å². The molecule has 4 aromatic rings. The molecule has 1 aliphatic heterocycles. The van der Waals surface area contributed by atoms with Gasteiger partial charge in [-0.2, -0.15) is 0 Å². The fraction of sp³-hybridized carbons (Fsp3) is 0.280. The Hall–Kier alpha value is -2.81. The lowest BCUT2D eigenvalue weighted by Gasteiger charge is -2.29. The molecule has 0 saturated carbocycles. The number of nitrogens with one attached hydrogen (secondary N) is 1. The summed E-state index contributed by atoms with van der Waals surface area (Å²) in [4.78, 5) is 20.1. The van der Waals surface area contributed by atoms with Gasteiger partial charge in [0.05, 0.1) is 13.2 Å². The van der Waals surface area contributed by atoms with Crippen LogP contribution in [0.4, 0.5) is 11.4 Å². The molecule has 6 nitrogen and oxygen atoms in total. The van der Waals surface area contributed by atoms with Crippen molar-refractivity contribution in [2.24, 2.45) is 0 Å². The summed E-state index contributed by atoms with van der Waals surface area (Å²) < 4.78 is 12.5. The molecule has 5 rings (SSSR count). The minimum absolute atomic E-state index is 0.237. The summed E-state index contributed by atoms with van der Waals surface area (Å²) in [6.07, 6.45) is 0. The molecule has 1 fully saturated rings. The minimum Gasteiger partial charge on any atom is -0.451 e. The second kappa shape index (κ2) is 9.59. The van der Waals surface area contributed by atoms with E-state index in [4.69, 9.17) is 9.15 Å². The van der Waals surface area contributed by atoms with Gasteiger partial charge in [0.25, 0.3) is 5.91 Å². The van der Waals surface area contributed by atoms with Crippen LogP contribution in [0.2, 0.25) is 0 Å². The van der Waals surface area contributed by atoms with Crippen LogP contribution in [0.1, 0.15) is 27.4 Å². The number of thiazole rings is 1. The second-order valence-corrected chi connectivity index (χ2v) is 10.1. The highest BCUT2D eigenvalue weighted by molar-refractivity contribution is 8.00. The van der Waals surface area contributed by atoms with Gasteiger partial charge in [-0.05, 0) is 43.7 Å². The van der Waals surface area contributed by atoms with Crippen LogP contribution in [0.15, 0.2) is 56.6 Å². The van der Waals surface area contributed by atoms with E-state index in [1.54, 1.807) is 23.1 Å². The number of aromatic nitrogens is 1. The number of furan rings is 1.